The molecule has 0 atom stereocenters. The predicted octanol–water partition coefficient (Wildman–Crippen LogP) is 8.18. The number of halogens is 3. The number of nitrogens with one attached hydrogen (secondary N) is 1. The molecule has 1 N–H and O–H groups in total. The van der Waals surface area contributed by atoms with Crippen LogP contribution < -0.4 is 5.32 Å². The third-order valence-corrected chi connectivity index (χ3v) is 5.71. The zero-order valence-electron chi connectivity index (χ0n) is 13.9. The van der Waals surface area contributed by atoms with Gasteiger partial charge in [-0.2, -0.15) is 0 Å². The fourth-order valence-electron chi connectivity index (χ4n) is 2.59. The zero-order chi connectivity index (χ0) is 18.8. The molecular formula is C21H13Cl3N2S. The molecule has 0 spiro atoms. The third-order valence-electron chi connectivity index (χ3n) is 3.94. The van der Waals surface area contributed by atoms with E-state index in [0.717, 1.165) is 32.5 Å². The van der Waals surface area contributed by atoms with Crippen LogP contribution in [0.25, 0.3) is 21.8 Å². The first-order valence-electron chi connectivity index (χ1n) is 8.14. The number of anilines is 2. The Morgan fingerprint density at radius 3 is 1.67 bits per heavy atom. The Kier molecular flexibility index (Phi) is 5.37. The zero-order valence-corrected chi connectivity index (χ0v) is 17.0. The quantitative estimate of drug-likeness (QED) is 0.352. The van der Waals surface area contributed by atoms with E-state index < -0.39 is 0 Å². The molecule has 27 heavy (non-hydrogen) atoms. The van der Waals surface area contributed by atoms with Crippen LogP contribution in [-0.4, -0.2) is 4.98 Å². The van der Waals surface area contributed by atoms with Gasteiger partial charge in [0.25, 0.3) is 0 Å². The van der Waals surface area contributed by atoms with Crippen molar-refractivity contribution in [1.29, 1.82) is 0 Å². The number of hydrogen-bond acceptors (Lipinski definition) is 3. The van der Waals surface area contributed by atoms with Crippen molar-refractivity contribution in [1.82, 2.24) is 4.98 Å². The number of hydrogen-bond donors (Lipinski definition) is 1. The Morgan fingerprint density at radius 2 is 1.11 bits per heavy atom. The van der Waals surface area contributed by atoms with E-state index in [2.05, 4.69) is 5.32 Å². The minimum absolute atomic E-state index is 0.694. The summed E-state index contributed by atoms with van der Waals surface area (Å²) in [6.07, 6.45) is 0. The van der Waals surface area contributed by atoms with Crippen molar-refractivity contribution in [3.05, 3.63) is 87.9 Å². The Labute approximate surface area is 176 Å². The monoisotopic (exact) mass is 430 g/mol. The topological polar surface area (TPSA) is 24.9 Å². The fraction of sp³-hybridized carbons (Fsp3) is 0. The molecule has 0 saturated carbocycles. The van der Waals surface area contributed by atoms with E-state index in [4.69, 9.17) is 39.8 Å². The highest BCUT2D eigenvalue weighted by Gasteiger charge is 2.15. The van der Waals surface area contributed by atoms with Gasteiger partial charge in [0.15, 0.2) is 0 Å². The first-order chi connectivity index (χ1) is 13.1. The standard InChI is InChI=1S/C21H13Cl3N2S/c22-15-5-1-13(2-6-15)19-21(25-18-11-9-17(24)10-12-18)27-20(26-19)14-3-7-16(23)8-4-14/h1-12,25H. The average molecular weight is 432 g/mol. The van der Waals surface area contributed by atoms with Gasteiger partial charge in [-0.25, -0.2) is 4.98 Å². The van der Waals surface area contributed by atoms with Crippen molar-refractivity contribution in [3.63, 3.8) is 0 Å². The molecule has 1 aromatic heterocycles. The van der Waals surface area contributed by atoms with E-state index in [0.29, 0.717) is 15.1 Å². The van der Waals surface area contributed by atoms with Gasteiger partial charge in [0.05, 0.1) is 0 Å². The summed E-state index contributed by atoms with van der Waals surface area (Å²) in [7, 11) is 0. The molecule has 0 amide bonds. The largest absolute Gasteiger partial charge is 0.345 e. The average Bonchev–Trinajstić information content (AvgIpc) is 3.08. The van der Waals surface area contributed by atoms with Crippen molar-refractivity contribution < 1.29 is 0 Å². The van der Waals surface area contributed by atoms with Gasteiger partial charge in [-0.05, 0) is 48.5 Å². The summed E-state index contributed by atoms with van der Waals surface area (Å²) in [5, 5.41) is 7.41. The number of nitrogens with zero attached hydrogens (tertiary/aromatic N) is 1. The lowest BCUT2D eigenvalue weighted by Crippen LogP contribution is -1.90. The lowest BCUT2D eigenvalue weighted by molar-refractivity contribution is 1.39. The Bertz CT molecular complexity index is 1060. The van der Waals surface area contributed by atoms with Gasteiger partial charge in [-0.3, -0.25) is 0 Å². The molecule has 2 nitrogen and oxygen atoms in total. The molecule has 134 valence electrons. The van der Waals surface area contributed by atoms with E-state index in [1.807, 2.05) is 72.8 Å². The van der Waals surface area contributed by atoms with Gasteiger partial charge in [-0.1, -0.05) is 70.4 Å². The summed E-state index contributed by atoms with van der Waals surface area (Å²) in [5.41, 5.74) is 3.83. The van der Waals surface area contributed by atoms with Gasteiger partial charge in [0.2, 0.25) is 0 Å². The first-order valence-corrected chi connectivity index (χ1v) is 10.1. The second-order valence-electron chi connectivity index (χ2n) is 5.84. The van der Waals surface area contributed by atoms with E-state index in [9.17, 15) is 0 Å². The van der Waals surface area contributed by atoms with Crippen molar-refractivity contribution in [2.45, 2.75) is 0 Å². The Morgan fingerprint density at radius 1 is 0.630 bits per heavy atom. The first kappa shape index (κ1) is 18.3. The van der Waals surface area contributed by atoms with Crippen molar-refractivity contribution in [2.75, 3.05) is 5.32 Å². The molecule has 0 bridgehead atoms. The van der Waals surface area contributed by atoms with Crippen molar-refractivity contribution in [2.24, 2.45) is 0 Å². The molecule has 0 aliphatic rings. The summed E-state index contributed by atoms with van der Waals surface area (Å²) in [4.78, 5) is 4.87. The second-order valence-corrected chi connectivity index (χ2v) is 8.15. The van der Waals surface area contributed by atoms with Crippen LogP contribution in [0.4, 0.5) is 10.7 Å². The Balaban J connectivity index is 1.77. The van der Waals surface area contributed by atoms with Crippen LogP contribution in [0.2, 0.25) is 15.1 Å². The molecule has 0 aliphatic carbocycles. The molecule has 0 aliphatic heterocycles. The van der Waals surface area contributed by atoms with Crippen molar-refractivity contribution >= 4 is 56.8 Å². The normalized spacial score (nSPS) is 10.8. The molecule has 0 fully saturated rings. The summed E-state index contributed by atoms with van der Waals surface area (Å²) >= 11 is 19.6. The van der Waals surface area contributed by atoms with Gasteiger partial charge >= 0.3 is 0 Å². The highest BCUT2D eigenvalue weighted by atomic mass is 35.5. The van der Waals surface area contributed by atoms with Crippen LogP contribution in [0.3, 0.4) is 0 Å². The summed E-state index contributed by atoms with van der Waals surface area (Å²) in [6.45, 7) is 0. The smallest absolute Gasteiger partial charge is 0.126 e. The van der Waals surface area contributed by atoms with Gasteiger partial charge < -0.3 is 5.32 Å². The second kappa shape index (κ2) is 7.91. The number of benzene rings is 3. The molecule has 0 radical (unpaired) electrons. The highest BCUT2D eigenvalue weighted by Crippen LogP contribution is 2.40. The lowest BCUT2D eigenvalue weighted by atomic mass is 10.1. The molecule has 0 saturated heterocycles. The third kappa shape index (κ3) is 4.28. The maximum absolute atomic E-state index is 6.04. The minimum Gasteiger partial charge on any atom is -0.345 e. The maximum Gasteiger partial charge on any atom is 0.126 e. The van der Waals surface area contributed by atoms with Crippen LogP contribution in [-0.2, 0) is 0 Å². The molecule has 4 rings (SSSR count). The van der Waals surface area contributed by atoms with Crippen LogP contribution in [0, 0.1) is 0 Å². The molecule has 0 unspecified atom stereocenters. The Hall–Kier alpha value is -2.04. The summed E-state index contributed by atoms with van der Waals surface area (Å²) in [6, 6.07) is 22.9. The fourth-order valence-corrected chi connectivity index (χ4v) is 3.98. The number of aromatic nitrogens is 1. The molecule has 4 aromatic rings. The molecular weight excluding hydrogens is 419 g/mol. The number of rotatable bonds is 4. The number of thiazole rings is 1. The SMILES string of the molecule is Clc1ccc(Nc2sc(-c3ccc(Cl)cc3)nc2-c2ccc(Cl)cc2)cc1. The van der Waals surface area contributed by atoms with Crippen LogP contribution in [0.1, 0.15) is 0 Å². The minimum atomic E-state index is 0.694. The van der Waals surface area contributed by atoms with Crippen LogP contribution in [0.5, 0.6) is 0 Å². The van der Waals surface area contributed by atoms with Gasteiger partial charge in [0.1, 0.15) is 15.7 Å². The predicted molar refractivity (Wildman–Crippen MR) is 118 cm³/mol. The van der Waals surface area contributed by atoms with Crippen LogP contribution in [0.15, 0.2) is 72.8 Å². The summed E-state index contributed by atoms with van der Waals surface area (Å²) < 4.78 is 0. The highest BCUT2D eigenvalue weighted by molar-refractivity contribution is 7.19. The van der Waals surface area contributed by atoms with Gasteiger partial charge in [0, 0.05) is 31.9 Å². The molecule has 6 heteroatoms. The van der Waals surface area contributed by atoms with E-state index in [-0.39, 0.29) is 0 Å². The summed E-state index contributed by atoms with van der Waals surface area (Å²) in [5.74, 6) is 0. The lowest BCUT2D eigenvalue weighted by Gasteiger charge is -2.06. The molecule has 3 aromatic carbocycles. The molecule has 1 heterocycles. The van der Waals surface area contributed by atoms with E-state index in [1.54, 1.807) is 11.3 Å². The van der Waals surface area contributed by atoms with Crippen LogP contribution >= 0.6 is 46.1 Å². The van der Waals surface area contributed by atoms with Gasteiger partial charge in [-0.15, -0.1) is 0 Å². The maximum atomic E-state index is 6.04. The van der Waals surface area contributed by atoms with Crippen molar-refractivity contribution in [3.8, 4) is 21.8 Å². The van der Waals surface area contributed by atoms with E-state index in [1.165, 1.54) is 0 Å². The van der Waals surface area contributed by atoms with E-state index >= 15 is 0 Å².